The lowest BCUT2D eigenvalue weighted by atomic mass is 10.0. The number of morpholine rings is 1. The fraction of sp³-hybridized carbons (Fsp3) is 0.533. The van der Waals surface area contributed by atoms with Crippen molar-refractivity contribution < 1.29 is 22.7 Å². The number of ether oxygens (including phenoxy) is 1. The number of hydrogen-bond donors (Lipinski definition) is 2. The average molecular weight is 316 g/mol. The number of amides is 1. The van der Waals surface area contributed by atoms with Gasteiger partial charge < -0.3 is 15.4 Å². The van der Waals surface area contributed by atoms with E-state index in [1.165, 1.54) is 0 Å². The predicted octanol–water partition coefficient (Wildman–Crippen LogP) is 1.65. The van der Waals surface area contributed by atoms with Crippen molar-refractivity contribution in [3.63, 3.8) is 0 Å². The Morgan fingerprint density at radius 1 is 1.36 bits per heavy atom. The van der Waals surface area contributed by atoms with Crippen molar-refractivity contribution in [2.45, 2.75) is 31.1 Å². The minimum atomic E-state index is -4.48. The van der Waals surface area contributed by atoms with Gasteiger partial charge in [-0.3, -0.25) is 4.79 Å². The van der Waals surface area contributed by atoms with E-state index in [4.69, 9.17) is 4.74 Å². The van der Waals surface area contributed by atoms with Crippen molar-refractivity contribution in [3.8, 4) is 0 Å². The van der Waals surface area contributed by atoms with Crippen LogP contribution < -0.4 is 10.6 Å². The van der Waals surface area contributed by atoms with Crippen molar-refractivity contribution in [1.29, 1.82) is 0 Å². The van der Waals surface area contributed by atoms with E-state index in [0.717, 1.165) is 0 Å². The fourth-order valence-corrected chi connectivity index (χ4v) is 2.33. The molecule has 1 aliphatic rings. The largest absolute Gasteiger partial charge is 0.408 e. The first kappa shape index (κ1) is 16.8. The second-order valence-corrected chi connectivity index (χ2v) is 5.28. The molecule has 22 heavy (non-hydrogen) atoms. The van der Waals surface area contributed by atoms with Crippen molar-refractivity contribution >= 4 is 5.91 Å². The molecule has 1 amide bonds. The maximum Gasteiger partial charge on any atom is 0.408 e. The van der Waals surface area contributed by atoms with Crippen LogP contribution in [0, 0.1) is 0 Å². The molecular formula is C15H19F3N2O2. The molecule has 0 aliphatic carbocycles. The van der Waals surface area contributed by atoms with Crippen LogP contribution in [0.25, 0.3) is 0 Å². The highest BCUT2D eigenvalue weighted by Crippen LogP contribution is 2.23. The number of carbonyl (C=O) groups excluding carboxylic acids is 1. The van der Waals surface area contributed by atoms with E-state index >= 15 is 0 Å². The maximum absolute atomic E-state index is 13.1. The summed E-state index contributed by atoms with van der Waals surface area (Å²) in [6, 6.07) is 6.19. The van der Waals surface area contributed by atoms with Gasteiger partial charge >= 0.3 is 6.18 Å². The minimum Gasteiger partial charge on any atom is -0.378 e. The van der Waals surface area contributed by atoms with Gasteiger partial charge in [-0.1, -0.05) is 30.3 Å². The van der Waals surface area contributed by atoms with Crippen LogP contribution in [0.1, 0.15) is 12.0 Å². The van der Waals surface area contributed by atoms with Crippen LogP contribution in [0.4, 0.5) is 13.2 Å². The zero-order valence-corrected chi connectivity index (χ0v) is 12.0. The number of carbonyl (C=O) groups is 1. The molecule has 1 aliphatic heterocycles. The lowest BCUT2D eigenvalue weighted by molar-refractivity contribution is -0.161. The van der Waals surface area contributed by atoms with Crippen molar-refractivity contribution in [1.82, 2.24) is 10.6 Å². The summed E-state index contributed by atoms with van der Waals surface area (Å²) in [6.45, 7) is 1.49. The first-order valence-corrected chi connectivity index (χ1v) is 7.16. The van der Waals surface area contributed by atoms with Gasteiger partial charge in [0.15, 0.2) is 0 Å². The van der Waals surface area contributed by atoms with E-state index in [-0.39, 0.29) is 18.9 Å². The summed E-state index contributed by atoms with van der Waals surface area (Å²) < 4.78 is 44.5. The lowest BCUT2D eigenvalue weighted by Crippen LogP contribution is -2.50. The smallest absolute Gasteiger partial charge is 0.378 e. The van der Waals surface area contributed by atoms with Crippen LogP contribution in [0.15, 0.2) is 30.3 Å². The predicted molar refractivity (Wildman–Crippen MR) is 75.4 cm³/mol. The standard InChI is InChI=1S/C15H19F3N2O2/c16-15(17,18)13(8-11-4-2-1-3-5-11)20-14(21)9-12-10-22-7-6-19-12/h1-5,12-13,19H,6-10H2,(H,20,21). The van der Waals surface area contributed by atoms with E-state index in [1.54, 1.807) is 30.3 Å². The summed E-state index contributed by atoms with van der Waals surface area (Å²) in [5.74, 6) is -0.624. The molecule has 2 atom stereocenters. The number of alkyl halides is 3. The molecule has 1 fully saturated rings. The molecule has 1 aromatic rings. The first-order chi connectivity index (χ1) is 10.4. The van der Waals surface area contributed by atoms with Crippen LogP contribution in [-0.2, 0) is 16.0 Å². The summed E-state index contributed by atoms with van der Waals surface area (Å²) in [5, 5.41) is 5.14. The Hall–Kier alpha value is -1.60. The van der Waals surface area contributed by atoms with Crippen LogP contribution >= 0.6 is 0 Å². The van der Waals surface area contributed by atoms with Crippen LogP contribution in [0.3, 0.4) is 0 Å². The molecule has 0 bridgehead atoms. The van der Waals surface area contributed by atoms with Crippen LogP contribution in [0.2, 0.25) is 0 Å². The van der Waals surface area contributed by atoms with Gasteiger partial charge in [-0.15, -0.1) is 0 Å². The lowest BCUT2D eigenvalue weighted by Gasteiger charge is -2.26. The molecule has 2 rings (SSSR count). The molecule has 2 unspecified atom stereocenters. The van der Waals surface area contributed by atoms with E-state index in [0.29, 0.717) is 25.3 Å². The molecule has 2 N–H and O–H groups in total. The summed E-state index contributed by atoms with van der Waals surface area (Å²) in [5.41, 5.74) is 0.532. The van der Waals surface area contributed by atoms with E-state index in [2.05, 4.69) is 10.6 Å². The number of hydrogen-bond acceptors (Lipinski definition) is 3. The van der Waals surface area contributed by atoms with Crippen molar-refractivity contribution in [3.05, 3.63) is 35.9 Å². The fourth-order valence-electron chi connectivity index (χ4n) is 2.33. The number of nitrogens with one attached hydrogen (secondary N) is 2. The Bertz CT molecular complexity index is 473. The zero-order valence-electron chi connectivity index (χ0n) is 12.0. The Kier molecular flexibility index (Phi) is 5.79. The SMILES string of the molecule is O=C(CC1COCCN1)NC(Cc1ccccc1)C(F)(F)F. The number of rotatable bonds is 5. The molecule has 0 spiro atoms. The molecule has 4 nitrogen and oxygen atoms in total. The minimum absolute atomic E-state index is 0.0264. The second kappa shape index (κ2) is 7.60. The van der Waals surface area contributed by atoms with Crippen molar-refractivity contribution in [2.75, 3.05) is 19.8 Å². The molecule has 1 heterocycles. The van der Waals surface area contributed by atoms with Gasteiger partial charge in [0, 0.05) is 25.4 Å². The molecule has 0 aromatic heterocycles. The molecule has 0 radical (unpaired) electrons. The Labute approximate surface area is 127 Å². The topological polar surface area (TPSA) is 50.4 Å². The molecule has 1 aromatic carbocycles. The number of halogens is 3. The Morgan fingerprint density at radius 3 is 2.68 bits per heavy atom. The normalized spacial score (nSPS) is 20.4. The van der Waals surface area contributed by atoms with Crippen molar-refractivity contribution in [2.24, 2.45) is 0 Å². The van der Waals surface area contributed by atoms with E-state index in [1.807, 2.05) is 0 Å². The Balaban J connectivity index is 1.93. The number of benzene rings is 1. The third kappa shape index (κ3) is 5.31. The van der Waals surface area contributed by atoms with Gasteiger partial charge in [-0.05, 0) is 5.56 Å². The van der Waals surface area contributed by atoms with Gasteiger partial charge in [0.25, 0.3) is 0 Å². The molecule has 1 saturated heterocycles. The summed E-state index contributed by atoms with van der Waals surface area (Å²) in [4.78, 5) is 11.9. The first-order valence-electron chi connectivity index (χ1n) is 7.16. The van der Waals surface area contributed by atoms with Gasteiger partial charge in [-0.2, -0.15) is 13.2 Å². The third-order valence-electron chi connectivity index (χ3n) is 3.44. The molecule has 0 saturated carbocycles. The average Bonchev–Trinajstić information content (AvgIpc) is 2.48. The highest BCUT2D eigenvalue weighted by atomic mass is 19.4. The van der Waals surface area contributed by atoms with E-state index in [9.17, 15) is 18.0 Å². The highest BCUT2D eigenvalue weighted by Gasteiger charge is 2.40. The van der Waals surface area contributed by atoms with E-state index < -0.39 is 18.1 Å². The summed E-state index contributed by atoms with van der Waals surface area (Å²) in [6.07, 6.45) is -4.78. The summed E-state index contributed by atoms with van der Waals surface area (Å²) >= 11 is 0. The van der Waals surface area contributed by atoms with Gasteiger partial charge in [0.1, 0.15) is 6.04 Å². The van der Waals surface area contributed by atoms with Crippen LogP contribution in [-0.4, -0.2) is 43.9 Å². The quantitative estimate of drug-likeness (QED) is 0.868. The molecule has 122 valence electrons. The molecule has 7 heteroatoms. The van der Waals surface area contributed by atoms with Gasteiger partial charge in [0.2, 0.25) is 5.91 Å². The third-order valence-corrected chi connectivity index (χ3v) is 3.44. The van der Waals surface area contributed by atoms with Gasteiger partial charge in [0.05, 0.1) is 13.2 Å². The monoisotopic (exact) mass is 316 g/mol. The van der Waals surface area contributed by atoms with Crippen LogP contribution in [0.5, 0.6) is 0 Å². The van der Waals surface area contributed by atoms with Gasteiger partial charge in [-0.25, -0.2) is 0 Å². The summed E-state index contributed by atoms with van der Waals surface area (Å²) in [7, 11) is 0. The maximum atomic E-state index is 13.1. The zero-order chi connectivity index (χ0) is 16.0. The highest BCUT2D eigenvalue weighted by molar-refractivity contribution is 5.77. The molecular weight excluding hydrogens is 297 g/mol. The second-order valence-electron chi connectivity index (χ2n) is 5.28. The Morgan fingerprint density at radius 2 is 2.09 bits per heavy atom.